The van der Waals surface area contributed by atoms with Crippen molar-refractivity contribution in [2.45, 2.75) is 13.2 Å². The molecule has 0 saturated heterocycles. The van der Waals surface area contributed by atoms with Crippen LogP contribution in [0.4, 0.5) is 0 Å². The van der Waals surface area contributed by atoms with E-state index in [2.05, 4.69) is 17.1 Å². The molecule has 0 bridgehead atoms. The van der Waals surface area contributed by atoms with E-state index < -0.39 is 0 Å². The van der Waals surface area contributed by atoms with Gasteiger partial charge in [-0.3, -0.25) is 4.79 Å². The highest BCUT2D eigenvalue weighted by Gasteiger charge is 2.11. The average molecular weight is 334 g/mol. The van der Waals surface area contributed by atoms with Crippen LogP contribution in [-0.4, -0.2) is 11.1 Å². The van der Waals surface area contributed by atoms with Crippen LogP contribution in [0.5, 0.6) is 5.75 Å². The summed E-state index contributed by atoms with van der Waals surface area (Å²) in [5, 5.41) is 6.71. The van der Waals surface area contributed by atoms with E-state index in [9.17, 15) is 4.79 Å². The number of rotatable bonds is 7. The number of ether oxygens (including phenoxy) is 1. The fraction of sp³-hybridized carbons (Fsp3) is 0.100. The van der Waals surface area contributed by atoms with Gasteiger partial charge in [0.1, 0.15) is 18.1 Å². The summed E-state index contributed by atoms with van der Waals surface area (Å²) in [6, 6.07) is 20.5. The first-order valence-corrected chi connectivity index (χ1v) is 7.87. The van der Waals surface area contributed by atoms with E-state index in [1.54, 1.807) is 6.07 Å². The maximum atomic E-state index is 12.1. The SMILES string of the molecule is C=C(C(=O)NCc1cc(COc2ccccc2)no1)c1ccccc1. The van der Waals surface area contributed by atoms with Crippen molar-refractivity contribution >= 4 is 11.5 Å². The first-order chi connectivity index (χ1) is 12.2. The van der Waals surface area contributed by atoms with Crippen LogP contribution in [0.25, 0.3) is 5.57 Å². The number of nitrogens with one attached hydrogen (secondary N) is 1. The first-order valence-electron chi connectivity index (χ1n) is 7.87. The van der Waals surface area contributed by atoms with Gasteiger partial charge in [-0.1, -0.05) is 60.3 Å². The van der Waals surface area contributed by atoms with Gasteiger partial charge in [-0.25, -0.2) is 0 Å². The molecule has 0 spiro atoms. The zero-order chi connectivity index (χ0) is 17.5. The van der Waals surface area contributed by atoms with Crippen LogP contribution in [0.1, 0.15) is 17.0 Å². The lowest BCUT2D eigenvalue weighted by molar-refractivity contribution is -0.115. The maximum Gasteiger partial charge on any atom is 0.251 e. The van der Waals surface area contributed by atoms with Gasteiger partial charge in [0.25, 0.3) is 5.91 Å². The smallest absolute Gasteiger partial charge is 0.251 e. The molecule has 3 rings (SSSR count). The Balaban J connectivity index is 1.50. The molecule has 1 N–H and O–H groups in total. The van der Waals surface area contributed by atoms with Crippen molar-refractivity contribution in [1.82, 2.24) is 10.5 Å². The molecule has 0 unspecified atom stereocenters. The second-order valence-electron chi connectivity index (χ2n) is 5.41. The van der Waals surface area contributed by atoms with Gasteiger partial charge in [0.05, 0.1) is 6.54 Å². The Labute approximate surface area is 145 Å². The van der Waals surface area contributed by atoms with E-state index in [0.717, 1.165) is 11.3 Å². The van der Waals surface area contributed by atoms with Crippen LogP contribution < -0.4 is 10.1 Å². The van der Waals surface area contributed by atoms with Crippen LogP contribution >= 0.6 is 0 Å². The quantitative estimate of drug-likeness (QED) is 0.671. The van der Waals surface area contributed by atoms with Crippen molar-refractivity contribution < 1.29 is 14.1 Å². The largest absolute Gasteiger partial charge is 0.487 e. The maximum absolute atomic E-state index is 12.1. The fourth-order valence-corrected chi connectivity index (χ4v) is 2.23. The van der Waals surface area contributed by atoms with Crippen molar-refractivity contribution in [2.24, 2.45) is 0 Å². The zero-order valence-electron chi connectivity index (χ0n) is 13.6. The number of nitrogens with zero attached hydrogens (tertiary/aromatic N) is 1. The third kappa shape index (κ3) is 4.57. The molecule has 0 aliphatic carbocycles. The summed E-state index contributed by atoms with van der Waals surface area (Å²) in [6.07, 6.45) is 0. The Bertz CT molecular complexity index is 842. The number of hydrogen-bond donors (Lipinski definition) is 1. The molecule has 126 valence electrons. The topological polar surface area (TPSA) is 64.4 Å². The average Bonchev–Trinajstić information content (AvgIpc) is 3.13. The molecule has 0 fully saturated rings. The van der Waals surface area contributed by atoms with Crippen molar-refractivity contribution in [3.05, 3.63) is 90.3 Å². The molecule has 0 atom stereocenters. The Kier molecular flexibility index (Phi) is 5.26. The number of carbonyl (C=O) groups excluding carboxylic acids is 1. The molecule has 0 aliphatic heterocycles. The fourth-order valence-electron chi connectivity index (χ4n) is 2.23. The number of hydrogen-bond acceptors (Lipinski definition) is 4. The van der Waals surface area contributed by atoms with Gasteiger partial charge in [-0.05, 0) is 17.7 Å². The Morgan fingerprint density at radius 1 is 1.08 bits per heavy atom. The van der Waals surface area contributed by atoms with E-state index >= 15 is 0 Å². The van der Waals surface area contributed by atoms with E-state index in [-0.39, 0.29) is 12.5 Å². The van der Waals surface area contributed by atoms with Gasteiger partial charge in [-0.15, -0.1) is 0 Å². The summed E-state index contributed by atoms with van der Waals surface area (Å²) in [4.78, 5) is 12.1. The lowest BCUT2D eigenvalue weighted by Crippen LogP contribution is -2.23. The summed E-state index contributed by atoms with van der Waals surface area (Å²) < 4.78 is 10.8. The van der Waals surface area contributed by atoms with Crippen LogP contribution in [0.3, 0.4) is 0 Å². The predicted octanol–water partition coefficient (Wildman–Crippen LogP) is 3.58. The third-order valence-corrected chi connectivity index (χ3v) is 3.56. The number of carbonyl (C=O) groups is 1. The molecular formula is C20H18N2O3. The minimum Gasteiger partial charge on any atom is -0.487 e. The highest BCUT2D eigenvalue weighted by atomic mass is 16.5. The molecule has 0 radical (unpaired) electrons. The van der Waals surface area contributed by atoms with Gasteiger partial charge in [0.2, 0.25) is 0 Å². The van der Waals surface area contributed by atoms with E-state index in [4.69, 9.17) is 9.26 Å². The summed E-state index contributed by atoms with van der Waals surface area (Å²) in [5.74, 6) is 1.07. The van der Waals surface area contributed by atoms with Crippen LogP contribution in [0, 0.1) is 0 Å². The minimum atomic E-state index is -0.246. The summed E-state index contributed by atoms with van der Waals surface area (Å²) in [5.41, 5.74) is 1.86. The standard InChI is InChI=1S/C20H18N2O3/c1-15(16-8-4-2-5-9-16)20(23)21-13-19-12-17(22-25-19)14-24-18-10-6-3-7-11-18/h2-12H,1,13-14H2,(H,21,23). The molecule has 3 aromatic rings. The molecule has 25 heavy (non-hydrogen) atoms. The Hall–Kier alpha value is -3.34. The third-order valence-electron chi connectivity index (χ3n) is 3.56. The number of para-hydroxylation sites is 1. The normalized spacial score (nSPS) is 10.2. The van der Waals surface area contributed by atoms with Crippen LogP contribution in [0.15, 0.2) is 77.8 Å². The monoisotopic (exact) mass is 334 g/mol. The van der Waals surface area contributed by atoms with Gasteiger partial charge in [0, 0.05) is 11.6 Å². The number of amides is 1. The van der Waals surface area contributed by atoms with Crippen molar-refractivity contribution in [1.29, 1.82) is 0 Å². The molecule has 1 heterocycles. The number of aromatic nitrogens is 1. The van der Waals surface area contributed by atoms with Gasteiger partial charge >= 0.3 is 0 Å². The van der Waals surface area contributed by atoms with Crippen LogP contribution in [-0.2, 0) is 17.9 Å². The molecule has 1 aromatic heterocycles. The summed E-state index contributed by atoms with van der Waals surface area (Å²) >= 11 is 0. The minimum absolute atomic E-state index is 0.239. The molecule has 0 saturated carbocycles. The van der Waals surface area contributed by atoms with E-state index in [1.807, 2.05) is 60.7 Å². The summed E-state index contributed by atoms with van der Waals surface area (Å²) in [7, 11) is 0. The van der Waals surface area contributed by atoms with Gasteiger partial charge in [-0.2, -0.15) is 0 Å². The predicted molar refractivity (Wildman–Crippen MR) is 94.6 cm³/mol. The molecule has 2 aromatic carbocycles. The Morgan fingerprint density at radius 3 is 2.48 bits per heavy atom. The second kappa shape index (κ2) is 7.97. The van der Waals surface area contributed by atoms with E-state index in [1.165, 1.54) is 0 Å². The molecule has 1 amide bonds. The van der Waals surface area contributed by atoms with Gasteiger partial charge < -0.3 is 14.6 Å². The number of benzene rings is 2. The van der Waals surface area contributed by atoms with Crippen molar-refractivity contribution in [3.8, 4) is 5.75 Å². The molecule has 0 aliphatic rings. The van der Waals surface area contributed by atoms with E-state index in [0.29, 0.717) is 23.6 Å². The van der Waals surface area contributed by atoms with Gasteiger partial charge in [0.15, 0.2) is 5.76 Å². The lowest BCUT2D eigenvalue weighted by atomic mass is 10.1. The highest BCUT2D eigenvalue weighted by molar-refractivity contribution is 6.18. The van der Waals surface area contributed by atoms with Crippen molar-refractivity contribution in [3.63, 3.8) is 0 Å². The molecule has 5 nitrogen and oxygen atoms in total. The Morgan fingerprint density at radius 2 is 1.76 bits per heavy atom. The summed E-state index contributed by atoms with van der Waals surface area (Å²) in [6.45, 7) is 4.37. The van der Waals surface area contributed by atoms with Crippen molar-refractivity contribution in [2.75, 3.05) is 0 Å². The zero-order valence-corrected chi connectivity index (χ0v) is 13.6. The highest BCUT2D eigenvalue weighted by Crippen LogP contribution is 2.13. The lowest BCUT2D eigenvalue weighted by Gasteiger charge is -2.06. The molecule has 5 heteroatoms. The second-order valence-corrected chi connectivity index (χ2v) is 5.41. The molecular weight excluding hydrogens is 316 g/mol. The van der Waals surface area contributed by atoms with Crippen LogP contribution in [0.2, 0.25) is 0 Å². The first kappa shape index (κ1) is 16.5.